The van der Waals surface area contributed by atoms with Gasteiger partial charge in [0.1, 0.15) is 11.4 Å². The highest BCUT2D eigenvalue weighted by atomic mass is 16.5. The number of methoxy groups -OCH3 is 1. The summed E-state index contributed by atoms with van der Waals surface area (Å²) in [6.45, 7) is 4.65. The Bertz CT molecular complexity index is 978. The van der Waals surface area contributed by atoms with Gasteiger partial charge in [0.15, 0.2) is 0 Å². The van der Waals surface area contributed by atoms with E-state index in [2.05, 4.69) is 16.0 Å². The summed E-state index contributed by atoms with van der Waals surface area (Å²) < 4.78 is 5.43. The Balaban J connectivity index is 2.31. The van der Waals surface area contributed by atoms with Crippen LogP contribution in [0.1, 0.15) is 25.0 Å². The average Bonchev–Trinajstić information content (AvgIpc) is 2.68. The van der Waals surface area contributed by atoms with Crippen LogP contribution >= 0.6 is 0 Å². The number of nitrogens with zero attached hydrogens (tertiary/aromatic N) is 1. The molecular weight excluding hydrogens is 400 g/mol. The summed E-state index contributed by atoms with van der Waals surface area (Å²) in [6.07, 6.45) is 0. The fourth-order valence-electron chi connectivity index (χ4n) is 3.18. The van der Waals surface area contributed by atoms with Crippen LogP contribution in [0.15, 0.2) is 42.5 Å². The molecule has 9 heteroatoms. The van der Waals surface area contributed by atoms with E-state index in [1.807, 2.05) is 25.1 Å². The van der Waals surface area contributed by atoms with Gasteiger partial charge in [-0.1, -0.05) is 24.3 Å². The van der Waals surface area contributed by atoms with Crippen LogP contribution in [0.25, 0.3) is 0 Å². The van der Waals surface area contributed by atoms with Gasteiger partial charge in [-0.05, 0) is 50.2 Å². The fourth-order valence-corrected chi connectivity index (χ4v) is 3.18. The molecule has 0 aliphatic rings. The van der Waals surface area contributed by atoms with Crippen LogP contribution in [0.2, 0.25) is 0 Å². The van der Waals surface area contributed by atoms with Crippen molar-refractivity contribution in [3.8, 4) is 5.75 Å². The molecule has 4 N–H and O–H groups in total. The molecule has 0 aliphatic heterocycles. The third kappa shape index (κ3) is 5.95. The van der Waals surface area contributed by atoms with Gasteiger partial charge in [0.2, 0.25) is 5.91 Å². The van der Waals surface area contributed by atoms with Crippen LogP contribution in [0.4, 0.5) is 16.2 Å². The van der Waals surface area contributed by atoms with Gasteiger partial charge in [-0.3, -0.25) is 14.5 Å². The number of hydrogen-bond acceptors (Lipinski definition) is 5. The maximum atomic E-state index is 12.5. The van der Waals surface area contributed by atoms with E-state index in [0.29, 0.717) is 22.7 Å². The van der Waals surface area contributed by atoms with Gasteiger partial charge in [-0.2, -0.15) is 0 Å². The SMILES string of the molecule is COc1cc(C(C)(NC(C)=O)N(C)CC(=O)O)ccc1NC(=O)Nc1ccccc1C. The van der Waals surface area contributed by atoms with Crippen LogP contribution in [0.5, 0.6) is 5.75 Å². The molecule has 2 aromatic carbocycles. The van der Waals surface area contributed by atoms with Gasteiger partial charge in [0.05, 0.1) is 19.3 Å². The largest absolute Gasteiger partial charge is 0.495 e. The predicted octanol–water partition coefficient (Wildman–Crippen LogP) is 2.97. The summed E-state index contributed by atoms with van der Waals surface area (Å²) in [6, 6.07) is 11.9. The minimum Gasteiger partial charge on any atom is -0.495 e. The number of amides is 3. The Kier molecular flexibility index (Phi) is 7.60. The second-order valence-corrected chi connectivity index (χ2v) is 7.31. The topological polar surface area (TPSA) is 120 Å². The van der Waals surface area contributed by atoms with Crippen molar-refractivity contribution >= 4 is 29.3 Å². The molecule has 0 heterocycles. The maximum absolute atomic E-state index is 12.5. The number of anilines is 2. The first-order valence-electron chi connectivity index (χ1n) is 9.60. The zero-order chi connectivity index (χ0) is 23.2. The Morgan fingerprint density at radius 1 is 1.10 bits per heavy atom. The normalized spacial score (nSPS) is 12.6. The first kappa shape index (κ1) is 23.7. The van der Waals surface area contributed by atoms with E-state index in [0.717, 1.165) is 5.56 Å². The molecule has 31 heavy (non-hydrogen) atoms. The second kappa shape index (κ2) is 9.94. The van der Waals surface area contributed by atoms with Crippen molar-refractivity contribution in [2.24, 2.45) is 0 Å². The van der Waals surface area contributed by atoms with Gasteiger partial charge in [-0.25, -0.2) is 4.79 Å². The van der Waals surface area contributed by atoms with E-state index in [1.165, 1.54) is 18.9 Å². The molecule has 0 bridgehead atoms. The lowest BCUT2D eigenvalue weighted by molar-refractivity contribution is -0.141. The number of aryl methyl sites for hydroxylation is 1. The molecule has 9 nitrogen and oxygen atoms in total. The number of ether oxygens (including phenoxy) is 1. The van der Waals surface area contributed by atoms with E-state index in [1.54, 1.807) is 38.2 Å². The monoisotopic (exact) mass is 428 g/mol. The zero-order valence-corrected chi connectivity index (χ0v) is 18.3. The molecule has 166 valence electrons. The molecule has 0 fully saturated rings. The number of likely N-dealkylation sites (N-methyl/N-ethyl adjacent to an activating group) is 1. The third-order valence-corrected chi connectivity index (χ3v) is 4.96. The zero-order valence-electron chi connectivity index (χ0n) is 18.3. The number of nitrogens with one attached hydrogen (secondary N) is 3. The van der Waals surface area contributed by atoms with E-state index < -0.39 is 17.7 Å². The molecule has 0 radical (unpaired) electrons. The first-order valence-corrected chi connectivity index (χ1v) is 9.60. The van der Waals surface area contributed by atoms with Crippen molar-refractivity contribution in [3.63, 3.8) is 0 Å². The van der Waals surface area contributed by atoms with Crippen molar-refractivity contribution in [3.05, 3.63) is 53.6 Å². The molecule has 2 rings (SSSR count). The number of aliphatic carboxylic acids is 1. The van der Waals surface area contributed by atoms with Crippen LogP contribution in [-0.4, -0.2) is 48.6 Å². The van der Waals surface area contributed by atoms with E-state index >= 15 is 0 Å². The summed E-state index contributed by atoms with van der Waals surface area (Å²) in [5.41, 5.74) is 1.51. The standard InChI is InChI=1S/C22H28N4O5/c1-14-8-6-7-9-17(14)23-21(30)24-18-11-10-16(12-19(18)31-5)22(3,25-15(2)27)26(4)13-20(28)29/h6-12H,13H2,1-5H3,(H,25,27)(H,28,29)(H2,23,24,30). The highest BCUT2D eigenvalue weighted by Crippen LogP contribution is 2.32. The molecule has 0 saturated heterocycles. The highest BCUT2D eigenvalue weighted by Gasteiger charge is 2.34. The fraction of sp³-hybridized carbons (Fsp3) is 0.318. The van der Waals surface area contributed by atoms with Gasteiger partial charge < -0.3 is 25.8 Å². The lowest BCUT2D eigenvalue weighted by Crippen LogP contribution is -2.55. The third-order valence-electron chi connectivity index (χ3n) is 4.96. The number of para-hydroxylation sites is 1. The highest BCUT2D eigenvalue weighted by molar-refractivity contribution is 6.01. The van der Waals surface area contributed by atoms with Crippen molar-refractivity contribution in [2.75, 3.05) is 31.3 Å². The number of rotatable bonds is 8. The van der Waals surface area contributed by atoms with E-state index in [9.17, 15) is 19.5 Å². The van der Waals surface area contributed by atoms with Crippen molar-refractivity contribution in [2.45, 2.75) is 26.4 Å². The van der Waals surface area contributed by atoms with Gasteiger partial charge in [0, 0.05) is 12.6 Å². The average molecular weight is 428 g/mol. The number of carbonyl (C=O) groups excluding carboxylic acids is 2. The minimum atomic E-state index is -1.11. The van der Waals surface area contributed by atoms with Crippen LogP contribution < -0.4 is 20.7 Å². The first-order chi connectivity index (χ1) is 14.6. The number of urea groups is 1. The molecular formula is C22H28N4O5. The van der Waals surface area contributed by atoms with Crippen molar-refractivity contribution < 1.29 is 24.2 Å². The molecule has 0 saturated carbocycles. The summed E-state index contributed by atoms with van der Waals surface area (Å²) >= 11 is 0. The Labute approximate surface area is 181 Å². The predicted molar refractivity (Wildman–Crippen MR) is 118 cm³/mol. The van der Waals surface area contributed by atoms with Crippen molar-refractivity contribution in [1.82, 2.24) is 10.2 Å². The number of hydrogen-bond donors (Lipinski definition) is 4. The maximum Gasteiger partial charge on any atom is 0.323 e. The molecule has 3 amide bonds. The molecule has 0 spiro atoms. The molecule has 1 unspecified atom stereocenters. The van der Waals surface area contributed by atoms with Gasteiger partial charge in [-0.15, -0.1) is 0 Å². The Morgan fingerprint density at radius 3 is 2.32 bits per heavy atom. The lowest BCUT2D eigenvalue weighted by Gasteiger charge is -2.39. The molecule has 0 aromatic heterocycles. The number of carboxylic acids is 1. The van der Waals surface area contributed by atoms with Crippen LogP contribution in [0.3, 0.4) is 0 Å². The van der Waals surface area contributed by atoms with Crippen LogP contribution in [-0.2, 0) is 15.3 Å². The lowest BCUT2D eigenvalue weighted by atomic mass is 9.98. The molecule has 0 aliphatic carbocycles. The summed E-state index contributed by atoms with van der Waals surface area (Å²) in [5.74, 6) is -0.992. The molecule has 1 atom stereocenters. The summed E-state index contributed by atoms with van der Waals surface area (Å²) in [5, 5.41) is 17.5. The van der Waals surface area contributed by atoms with Crippen LogP contribution in [0, 0.1) is 6.92 Å². The van der Waals surface area contributed by atoms with E-state index in [4.69, 9.17) is 4.74 Å². The van der Waals surface area contributed by atoms with Gasteiger partial charge >= 0.3 is 12.0 Å². The summed E-state index contributed by atoms with van der Waals surface area (Å²) in [4.78, 5) is 37.0. The smallest absolute Gasteiger partial charge is 0.323 e. The second-order valence-electron chi connectivity index (χ2n) is 7.31. The van der Waals surface area contributed by atoms with E-state index in [-0.39, 0.29) is 12.5 Å². The minimum absolute atomic E-state index is 0.294. The number of benzene rings is 2. The Hall–Kier alpha value is -3.59. The Morgan fingerprint density at radius 2 is 1.74 bits per heavy atom. The number of carboxylic acid groups (broad SMARTS) is 1. The number of carbonyl (C=O) groups is 3. The molecule has 2 aromatic rings. The summed E-state index contributed by atoms with van der Waals surface area (Å²) in [7, 11) is 3.05. The van der Waals surface area contributed by atoms with Gasteiger partial charge in [0.25, 0.3) is 0 Å². The van der Waals surface area contributed by atoms with Crippen molar-refractivity contribution in [1.29, 1.82) is 0 Å². The quantitative estimate of drug-likeness (QED) is 0.480.